The molecular formula is C18H23N5O3. The summed E-state index contributed by atoms with van der Waals surface area (Å²) in [5, 5.41) is 2.83. The number of ether oxygens (including phenoxy) is 2. The molecule has 26 heavy (non-hydrogen) atoms. The highest BCUT2D eigenvalue weighted by Crippen LogP contribution is 2.18. The molecule has 138 valence electrons. The van der Waals surface area contributed by atoms with E-state index in [1.54, 1.807) is 31.4 Å². The fraction of sp³-hybridized carbons (Fsp3) is 0.444. The summed E-state index contributed by atoms with van der Waals surface area (Å²) in [6, 6.07) is 7.17. The van der Waals surface area contributed by atoms with Crippen LogP contribution in [0, 0.1) is 0 Å². The summed E-state index contributed by atoms with van der Waals surface area (Å²) >= 11 is 0. The summed E-state index contributed by atoms with van der Waals surface area (Å²) in [5.41, 5.74) is 0.545. The Hall–Kier alpha value is -2.90. The van der Waals surface area contributed by atoms with Gasteiger partial charge < -0.3 is 19.7 Å². The molecule has 1 fully saturated rings. The summed E-state index contributed by atoms with van der Waals surface area (Å²) in [6.07, 6.45) is 3.47. The second kappa shape index (κ2) is 8.46. The van der Waals surface area contributed by atoms with Crippen LogP contribution in [0.1, 0.15) is 35.4 Å². The van der Waals surface area contributed by atoms with Gasteiger partial charge in [-0.1, -0.05) is 0 Å². The van der Waals surface area contributed by atoms with E-state index in [0.717, 1.165) is 25.9 Å². The van der Waals surface area contributed by atoms with Crippen molar-refractivity contribution < 1.29 is 14.3 Å². The molecule has 0 spiro atoms. The lowest BCUT2D eigenvalue weighted by molar-refractivity contribution is 0.0949. The number of rotatable bonds is 6. The molecular weight excluding hydrogens is 334 g/mol. The first-order valence-corrected chi connectivity index (χ1v) is 8.66. The minimum atomic E-state index is -0.202. The molecule has 1 amide bonds. The van der Waals surface area contributed by atoms with E-state index in [-0.39, 0.29) is 18.5 Å². The molecule has 1 aliphatic rings. The molecule has 0 radical (unpaired) electrons. The number of piperidine rings is 1. The van der Waals surface area contributed by atoms with Crippen molar-refractivity contribution in [2.24, 2.45) is 0 Å². The van der Waals surface area contributed by atoms with E-state index in [1.807, 2.05) is 0 Å². The standard InChI is InChI=1S/C18H23N5O3/c1-25-14-8-6-13(7-9-14)16(24)19-12-15-20-17(22-18(21-15)26-2)23-10-4-3-5-11-23/h6-9H,3-5,10-12H2,1-2H3,(H,19,24). The number of methoxy groups -OCH3 is 2. The van der Waals surface area contributed by atoms with Crippen LogP contribution in [0.2, 0.25) is 0 Å². The van der Waals surface area contributed by atoms with Crippen LogP contribution in [0.15, 0.2) is 24.3 Å². The van der Waals surface area contributed by atoms with E-state index in [4.69, 9.17) is 9.47 Å². The Morgan fingerprint density at radius 2 is 1.77 bits per heavy atom. The maximum Gasteiger partial charge on any atom is 0.321 e. The molecule has 0 unspecified atom stereocenters. The predicted octanol–water partition coefficient (Wildman–Crippen LogP) is 1.81. The maximum atomic E-state index is 12.3. The molecule has 1 N–H and O–H groups in total. The van der Waals surface area contributed by atoms with Crippen molar-refractivity contribution in [1.29, 1.82) is 0 Å². The van der Waals surface area contributed by atoms with Gasteiger partial charge in [0.2, 0.25) is 5.95 Å². The van der Waals surface area contributed by atoms with Crippen LogP contribution in [-0.2, 0) is 6.54 Å². The van der Waals surface area contributed by atoms with E-state index in [9.17, 15) is 4.79 Å². The van der Waals surface area contributed by atoms with Crippen LogP contribution in [0.25, 0.3) is 0 Å². The van der Waals surface area contributed by atoms with Crippen LogP contribution in [0.5, 0.6) is 11.8 Å². The molecule has 8 heteroatoms. The number of carbonyl (C=O) groups is 1. The molecule has 2 aromatic rings. The second-order valence-corrected chi connectivity index (χ2v) is 6.00. The van der Waals surface area contributed by atoms with Crippen molar-refractivity contribution in [3.05, 3.63) is 35.7 Å². The van der Waals surface area contributed by atoms with Gasteiger partial charge in [0.05, 0.1) is 20.8 Å². The highest BCUT2D eigenvalue weighted by Gasteiger charge is 2.17. The lowest BCUT2D eigenvalue weighted by atomic mass is 10.1. The van der Waals surface area contributed by atoms with Gasteiger partial charge in [0.25, 0.3) is 5.91 Å². The number of carbonyl (C=O) groups excluding carboxylic acids is 1. The fourth-order valence-electron chi connectivity index (χ4n) is 2.80. The van der Waals surface area contributed by atoms with E-state index in [0.29, 0.717) is 23.1 Å². The van der Waals surface area contributed by atoms with Crippen molar-refractivity contribution in [3.8, 4) is 11.8 Å². The van der Waals surface area contributed by atoms with Gasteiger partial charge in [-0.25, -0.2) is 0 Å². The third kappa shape index (κ3) is 4.38. The highest BCUT2D eigenvalue weighted by atomic mass is 16.5. The third-order valence-corrected chi connectivity index (χ3v) is 4.23. The summed E-state index contributed by atoms with van der Waals surface area (Å²) in [6.45, 7) is 2.04. The summed E-state index contributed by atoms with van der Waals surface area (Å²) in [5.74, 6) is 1.58. The van der Waals surface area contributed by atoms with Crippen molar-refractivity contribution in [2.45, 2.75) is 25.8 Å². The molecule has 8 nitrogen and oxygen atoms in total. The molecule has 0 bridgehead atoms. The van der Waals surface area contributed by atoms with Crippen LogP contribution in [0.3, 0.4) is 0 Å². The third-order valence-electron chi connectivity index (χ3n) is 4.23. The molecule has 0 saturated carbocycles. The van der Waals surface area contributed by atoms with Gasteiger partial charge >= 0.3 is 6.01 Å². The van der Waals surface area contributed by atoms with Crippen LogP contribution in [-0.4, -0.2) is 48.2 Å². The monoisotopic (exact) mass is 357 g/mol. The first-order valence-electron chi connectivity index (χ1n) is 8.66. The Bertz CT molecular complexity index is 745. The van der Waals surface area contributed by atoms with Crippen LogP contribution < -0.4 is 19.7 Å². The predicted molar refractivity (Wildman–Crippen MR) is 96.6 cm³/mol. The van der Waals surface area contributed by atoms with Gasteiger partial charge in [0, 0.05) is 18.7 Å². The van der Waals surface area contributed by atoms with Crippen molar-refractivity contribution in [1.82, 2.24) is 20.3 Å². The number of benzene rings is 1. The van der Waals surface area contributed by atoms with Gasteiger partial charge in [0.15, 0.2) is 5.82 Å². The summed E-state index contributed by atoms with van der Waals surface area (Å²) in [4.78, 5) is 27.5. The van der Waals surface area contributed by atoms with E-state index in [1.165, 1.54) is 13.5 Å². The quantitative estimate of drug-likeness (QED) is 0.843. The van der Waals surface area contributed by atoms with Gasteiger partial charge in [-0.2, -0.15) is 15.0 Å². The smallest absolute Gasteiger partial charge is 0.321 e. The van der Waals surface area contributed by atoms with Gasteiger partial charge in [0.1, 0.15) is 5.75 Å². The van der Waals surface area contributed by atoms with Gasteiger partial charge in [-0.15, -0.1) is 0 Å². The van der Waals surface area contributed by atoms with Crippen molar-refractivity contribution in [2.75, 3.05) is 32.2 Å². The molecule has 1 aromatic carbocycles. The Morgan fingerprint density at radius 3 is 2.42 bits per heavy atom. The van der Waals surface area contributed by atoms with E-state index >= 15 is 0 Å². The zero-order valence-corrected chi connectivity index (χ0v) is 15.1. The van der Waals surface area contributed by atoms with Crippen molar-refractivity contribution >= 4 is 11.9 Å². The lowest BCUT2D eigenvalue weighted by Crippen LogP contribution is -2.32. The average Bonchev–Trinajstić information content (AvgIpc) is 2.72. The number of hydrogen-bond donors (Lipinski definition) is 1. The Balaban J connectivity index is 1.68. The van der Waals surface area contributed by atoms with Crippen molar-refractivity contribution in [3.63, 3.8) is 0 Å². The van der Waals surface area contributed by atoms with Gasteiger partial charge in [-0.3, -0.25) is 4.79 Å². The van der Waals surface area contributed by atoms with E-state index < -0.39 is 0 Å². The highest BCUT2D eigenvalue weighted by molar-refractivity contribution is 5.94. The second-order valence-electron chi connectivity index (χ2n) is 6.00. The summed E-state index contributed by atoms with van der Waals surface area (Å²) < 4.78 is 10.3. The largest absolute Gasteiger partial charge is 0.497 e. The normalized spacial score (nSPS) is 14.0. The molecule has 2 heterocycles. The van der Waals surface area contributed by atoms with Gasteiger partial charge in [-0.05, 0) is 43.5 Å². The number of amides is 1. The minimum absolute atomic E-state index is 0.199. The zero-order chi connectivity index (χ0) is 18.4. The minimum Gasteiger partial charge on any atom is -0.497 e. The molecule has 0 atom stereocenters. The fourth-order valence-corrected chi connectivity index (χ4v) is 2.80. The molecule has 3 rings (SSSR count). The number of anilines is 1. The number of aromatic nitrogens is 3. The Kier molecular flexibility index (Phi) is 5.83. The first-order chi connectivity index (χ1) is 12.7. The number of nitrogens with zero attached hydrogens (tertiary/aromatic N) is 4. The Labute approximate surface area is 152 Å². The number of nitrogens with one attached hydrogen (secondary N) is 1. The number of hydrogen-bond acceptors (Lipinski definition) is 7. The van der Waals surface area contributed by atoms with Crippen LogP contribution in [0.4, 0.5) is 5.95 Å². The average molecular weight is 357 g/mol. The summed E-state index contributed by atoms with van der Waals surface area (Å²) in [7, 11) is 3.11. The molecule has 1 aromatic heterocycles. The first kappa shape index (κ1) is 17.9. The topological polar surface area (TPSA) is 89.5 Å². The SMILES string of the molecule is COc1ccc(C(=O)NCc2nc(OC)nc(N3CCCCC3)n2)cc1. The zero-order valence-electron chi connectivity index (χ0n) is 15.1. The molecule has 1 saturated heterocycles. The molecule has 0 aliphatic carbocycles. The van der Waals surface area contributed by atoms with Crippen LogP contribution >= 0.6 is 0 Å². The Morgan fingerprint density at radius 1 is 1.04 bits per heavy atom. The maximum absolute atomic E-state index is 12.3. The lowest BCUT2D eigenvalue weighted by Gasteiger charge is -2.26. The molecule has 1 aliphatic heterocycles. The van der Waals surface area contributed by atoms with E-state index in [2.05, 4.69) is 25.2 Å².